The lowest BCUT2D eigenvalue weighted by atomic mass is 9.97. The van der Waals surface area contributed by atoms with Gasteiger partial charge in [0.1, 0.15) is 5.75 Å². The number of imidazole rings is 1. The number of nitrogens with zero attached hydrogens (tertiary/aromatic N) is 2. The van der Waals surface area contributed by atoms with Crippen molar-refractivity contribution in [2.45, 2.75) is 17.8 Å². The van der Waals surface area contributed by atoms with Crippen molar-refractivity contribution in [3.05, 3.63) is 89.3 Å². The van der Waals surface area contributed by atoms with Gasteiger partial charge >= 0.3 is 0 Å². The van der Waals surface area contributed by atoms with Crippen LogP contribution in [0.3, 0.4) is 0 Å². The smallest absolute Gasteiger partial charge is 0.271 e. The highest BCUT2D eigenvalue weighted by molar-refractivity contribution is 7.98. The molecule has 0 saturated heterocycles. The summed E-state index contributed by atoms with van der Waals surface area (Å²) in [6.45, 7) is 9.58. The molecule has 0 fully saturated rings. The van der Waals surface area contributed by atoms with E-state index in [1.165, 1.54) is 6.07 Å². The van der Waals surface area contributed by atoms with Crippen molar-refractivity contribution in [3.63, 3.8) is 0 Å². The number of aryl methyl sites for hydroxylation is 1. The van der Waals surface area contributed by atoms with Gasteiger partial charge in [0.2, 0.25) is 0 Å². The molecule has 0 unspecified atom stereocenters. The first-order valence-electron chi connectivity index (χ1n) is 9.19. The first-order valence-corrected chi connectivity index (χ1v) is 10.2. The zero-order valence-electron chi connectivity index (χ0n) is 16.6. The van der Waals surface area contributed by atoms with Crippen molar-refractivity contribution >= 4 is 36.0 Å². The van der Waals surface area contributed by atoms with Gasteiger partial charge in [-0.2, -0.15) is 5.10 Å². The first-order chi connectivity index (χ1) is 14.5. The fourth-order valence-corrected chi connectivity index (χ4v) is 3.73. The number of benzene rings is 2. The van der Waals surface area contributed by atoms with E-state index in [4.69, 9.17) is 0 Å². The molecule has 1 amide bonds. The Hall–Kier alpha value is -3.58. The number of H-pyrrole nitrogens is 1. The number of phenols is 1. The van der Waals surface area contributed by atoms with Gasteiger partial charge in [0.25, 0.3) is 5.91 Å². The van der Waals surface area contributed by atoms with Crippen molar-refractivity contribution in [2.24, 2.45) is 5.10 Å². The van der Waals surface area contributed by atoms with Crippen LogP contribution in [0.4, 0.5) is 0 Å². The number of aromatic amines is 1. The summed E-state index contributed by atoms with van der Waals surface area (Å²) in [5.74, 6) is 0.516. The van der Waals surface area contributed by atoms with Crippen molar-refractivity contribution in [2.75, 3.05) is 0 Å². The maximum atomic E-state index is 12.3. The molecule has 3 N–H and O–H groups in total. The zero-order chi connectivity index (χ0) is 21.5. The molecule has 6 nitrogen and oxygen atoms in total. The summed E-state index contributed by atoms with van der Waals surface area (Å²) in [5, 5.41) is 14.5. The molecule has 0 bridgehead atoms. The lowest BCUT2D eigenvalue weighted by Crippen LogP contribution is -2.17. The number of hydrogen-bond donors (Lipinski definition) is 3. The topological polar surface area (TPSA) is 90.4 Å². The second-order valence-corrected chi connectivity index (χ2v) is 7.40. The van der Waals surface area contributed by atoms with Crippen molar-refractivity contribution in [3.8, 4) is 5.75 Å². The molecule has 152 valence electrons. The van der Waals surface area contributed by atoms with Gasteiger partial charge in [0.15, 0.2) is 5.16 Å². The number of thioether (sulfide) groups is 1. The minimum Gasteiger partial charge on any atom is -0.508 e. The van der Waals surface area contributed by atoms with Gasteiger partial charge in [-0.3, -0.25) is 4.79 Å². The summed E-state index contributed by atoms with van der Waals surface area (Å²) in [6, 6.07) is 8.58. The molecular formula is C23H22N4O2S. The molecule has 2 aromatic carbocycles. The van der Waals surface area contributed by atoms with Crippen molar-refractivity contribution in [1.82, 2.24) is 15.4 Å². The first kappa shape index (κ1) is 21.1. The normalized spacial score (nSPS) is 10.8. The number of rotatable bonds is 8. The summed E-state index contributed by atoms with van der Waals surface area (Å²) in [6.07, 6.45) is 8.64. The lowest BCUT2D eigenvalue weighted by molar-refractivity contribution is 0.0955. The number of aromatic nitrogens is 2. The molecule has 0 radical (unpaired) electrons. The third kappa shape index (κ3) is 4.87. The van der Waals surface area contributed by atoms with E-state index in [0.29, 0.717) is 11.1 Å². The Balaban J connectivity index is 1.76. The quantitative estimate of drug-likeness (QED) is 0.279. The molecule has 0 aliphatic heterocycles. The van der Waals surface area contributed by atoms with Crippen LogP contribution in [0.15, 0.2) is 66.1 Å². The van der Waals surface area contributed by atoms with Gasteiger partial charge < -0.3 is 10.1 Å². The summed E-state index contributed by atoms with van der Waals surface area (Å²) in [5.41, 5.74) is 7.33. The molecule has 0 aliphatic rings. The second-order valence-electron chi connectivity index (χ2n) is 6.43. The largest absolute Gasteiger partial charge is 0.508 e. The molecule has 0 spiro atoms. The number of amides is 1. The van der Waals surface area contributed by atoms with Crippen LogP contribution in [0.5, 0.6) is 5.75 Å². The van der Waals surface area contributed by atoms with Gasteiger partial charge in [-0.15, -0.1) is 0 Å². The van der Waals surface area contributed by atoms with Gasteiger partial charge in [0, 0.05) is 29.3 Å². The standard InChI is InChI=1S/C23H22N4O2S/c1-4-19-17(13-26-27-22(29)16-8-9-21(28)15(3)12-16)6-7-18(20(19)5-2)14-30-23-24-10-11-25-23/h4-13,28H,1-2,14H2,3H3,(H,24,25)(H,27,29)/b26-13+. The Kier molecular flexibility index (Phi) is 6.87. The van der Waals surface area contributed by atoms with E-state index in [2.05, 4.69) is 33.7 Å². The molecule has 1 aromatic heterocycles. The Labute approximate surface area is 179 Å². The maximum absolute atomic E-state index is 12.3. The number of carbonyl (C=O) groups excluding carboxylic acids is 1. The Bertz CT molecular complexity index is 1100. The van der Waals surface area contributed by atoms with Gasteiger partial charge in [0.05, 0.1) is 6.21 Å². The van der Waals surface area contributed by atoms with E-state index in [9.17, 15) is 9.90 Å². The Morgan fingerprint density at radius 1 is 1.27 bits per heavy atom. The number of aromatic hydroxyl groups is 1. The number of carbonyl (C=O) groups is 1. The Morgan fingerprint density at radius 2 is 2.07 bits per heavy atom. The third-order valence-electron chi connectivity index (χ3n) is 4.49. The molecule has 30 heavy (non-hydrogen) atoms. The van der Waals surface area contributed by atoms with Gasteiger partial charge in [-0.05, 0) is 47.4 Å². The second kappa shape index (κ2) is 9.76. The fraction of sp³-hybridized carbons (Fsp3) is 0.0870. The number of hydrogen-bond acceptors (Lipinski definition) is 5. The van der Waals surface area contributed by atoms with Crippen LogP contribution >= 0.6 is 11.8 Å². The van der Waals surface area contributed by atoms with E-state index in [1.54, 1.807) is 61.6 Å². The molecule has 7 heteroatoms. The summed E-state index contributed by atoms with van der Waals surface area (Å²) in [4.78, 5) is 19.6. The zero-order valence-corrected chi connectivity index (χ0v) is 17.4. The van der Waals surface area contributed by atoms with Gasteiger partial charge in [-0.25, -0.2) is 10.4 Å². The van der Waals surface area contributed by atoms with Crippen LogP contribution in [0.25, 0.3) is 12.2 Å². The average Bonchev–Trinajstić information content (AvgIpc) is 3.27. The Morgan fingerprint density at radius 3 is 2.73 bits per heavy atom. The van der Waals surface area contributed by atoms with E-state index in [-0.39, 0.29) is 11.7 Å². The molecule has 1 heterocycles. The average molecular weight is 419 g/mol. The SMILES string of the molecule is C=Cc1c(/C=N/NC(=O)c2ccc(O)c(C)c2)ccc(CSc2ncc[nH]2)c1C=C. The van der Waals surface area contributed by atoms with Crippen LogP contribution in [0.2, 0.25) is 0 Å². The number of phenolic OH excluding ortho intramolecular Hbond substituents is 1. The lowest BCUT2D eigenvalue weighted by Gasteiger charge is -2.12. The van der Waals surface area contributed by atoms with E-state index >= 15 is 0 Å². The fourth-order valence-electron chi connectivity index (χ4n) is 2.90. The van der Waals surface area contributed by atoms with Crippen molar-refractivity contribution < 1.29 is 9.90 Å². The van der Waals surface area contributed by atoms with Crippen LogP contribution < -0.4 is 5.43 Å². The van der Waals surface area contributed by atoms with Gasteiger partial charge in [-0.1, -0.05) is 49.2 Å². The van der Waals surface area contributed by atoms with Crippen LogP contribution in [0, 0.1) is 6.92 Å². The predicted molar refractivity (Wildman–Crippen MR) is 123 cm³/mol. The van der Waals surface area contributed by atoms with E-state index < -0.39 is 0 Å². The molecular weight excluding hydrogens is 396 g/mol. The predicted octanol–water partition coefficient (Wildman–Crippen LogP) is 4.77. The molecule has 0 aliphatic carbocycles. The van der Waals surface area contributed by atoms with E-state index in [0.717, 1.165) is 33.2 Å². The maximum Gasteiger partial charge on any atom is 0.271 e. The summed E-state index contributed by atoms with van der Waals surface area (Å²) in [7, 11) is 0. The minimum absolute atomic E-state index is 0.146. The molecule has 0 saturated carbocycles. The van der Waals surface area contributed by atoms with E-state index in [1.807, 2.05) is 12.1 Å². The molecule has 3 aromatic rings. The molecule has 3 rings (SSSR count). The monoisotopic (exact) mass is 418 g/mol. The highest BCUT2D eigenvalue weighted by Gasteiger charge is 2.10. The highest BCUT2D eigenvalue weighted by Crippen LogP contribution is 2.27. The number of nitrogens with one attached hydrogen (secondary N) is 2. The van der Waals surface area contributed by atoms with Crippen LogP contribution in [-0.4, -0.2) is 27.2 Å². The summed E-state index contributed by atoms with van der Waals surface area (Å²) < 4.78 is 0. The molecule has 0 atom stereocenters. The van der Waals surface area contributed by atoms with Crippen molar-refractivity contribution in [1.29, 1.82) is 0 Å². The minimum atomic E-state index is -0.357. The third-order valence-corrected chi connectivity index (χ3v) is 5.44. The highest BCUT2D eigenvalue weighted by atomic mass is 32.2. The van der Waals surface area contributed by atoms with Crippen LogP contribution in [0.1, 0.15) is 38.2 Å². The van der Waals surface area contributed by atoms with Crippen LogP contribution in [-0.2, 0) is 5.75 Å². The summed E-state index contributed by atoms with van der Waals surface area (Å²) >= 11 is 1.60. The number of hydrazone groups is 1.